The lowest BCUT2D eigenvalue weighted by Crippen LogP contribution is -2.05. The Labute approximate surface area is 97.5 Å². The van der Waals surface area contributed by atoms with Crippen LogP contribution in [0.5, 0.6) is 0 Å². The number of ketones is 1. The summed E-state index contributed by atoms with van der Waals surface area (Å²) in [5, 5.41) is 3.98. The highest BCUT2D eigenvalue weighted by Crippen LogP contribution is 2.21. The summed E-state index contributed by atoms with van der Waals surface area (Å²) >= 11 is 1.16. The van der Waals surface area contributed by atoms with Gasteiger partial charge in [-0.1, -0.05) is 18.3 Å². The molecule has 0 aliphatic rings. The van der Waals surface area contributed by atoms with Gasteiger partial charge in [-0.05, 0) is 29.6 Å². The lowest BCUT2D eigenvalue weighted by molar-refractivity contribution is 0.0989. The molecule has 0 spiro atoms. The van der Waals surface area contributed by atoms with Gasteiger partial charge in [-0.15, -0.1) is 5.10 Å². The second kappa shape index (κ2) is 4.57. The molecule has 0 saturated heterocycles. The number of furan rings is 1. The molecule has 0 bridgehead atoms. The van der Waals surface area contributed by atoms with Crippen LogP contribution in [0.2, 0.25) is 0 Å². The number of nitrogens with zero attached hydrogens (tertiary/aromatic N) is 2. The molecule has 0 aromatic carbocycles. The van der Waals surface area contributed by atoms with E-state index in [0.717, 1.165) is 17.2 Å². The number of carbonyl (C=O) groups is 1. The van der Waals surface area contributed by atoms with Gasteiger partial charge in [0.2, 0.25) is 0 Å². The minimum Gasteiger partial charge on any atom is -0.469 e. The number of hydrogen-bond donors (Lipinski definition) is 0. The maximum Gasteiger partial charge on any atom is 0.183 e. The van der Waals surface area contributed by atoms with E-state index in [1.807, 2.05) is 13.8 Å². The van der Waals surface area contributed by atoms with Crippen molar-refractivity contribution in [2.24, 2.45) is 0 Å². The topological polar surface area (TPSA) is 56.0 Å². The van der Waals surface area contributed by atoms with Crippen LogP contribution in [0.15, 0.2) is 22.8 Å². The molecule has 0 atom stereocenters. The van der Waals surface area contributed by atoms with Gasteiger partial charge in [0, 0.05) is 0 Å². The van der Waals surface area contributed by atoms with Crippen LogP contribution in [-0.4, -0.2) is 15.4 Å². The second-order valence-corrected chi connectivity index (χ2v) is 4.58. The normalized spacial score (nSPS) is 10.9. The van der Waals surface area contributed by atoms with Crippen molar-refractivity contribution in [1.29, 1.82) is 0 Å². The molecule has 16 heavy (non-hydrogen) atoms. The third kappa shape index (κ3) is 2.19. The zero-order valence-corrected chi connectivity index (χ0v) is 9.95. The zero-order valence-electron chi connectivity index (χ0n) is 9.14. The largest absolute Gasteiger partial charge is 0.469 e. The Morgan fingerprint density at radius 3 is 3.00 bits per heavy atom. The van der Waals surface area contributed by atoms with Crippen molar-refractivity contribution in [3.05, 3.63) is 34.7 Å². The van der Waals surface area contributed by atoms with Crippen LogP contribution < -0.4 is 0 Å². The van der Waals surface area contributed by atoms with Crippen molar-refractivity contribution < 1.29 is 9.21 Å². The minimum absolute atomic E-state index is 0.0219. The molecule has 0 saturated carbocycles. The third-order valence-corrected chi connectivity index (χ3v) is 3.01. The second-order valence-electron chi connectivity index (χ2n) is 3.82. The monoisotopic (exact) mass is 236 g/mol. The van der Waals surface area contributed by atoms with Gasteiger partial charge in [-0.2, -0.15) is 0 Å². The van der Waals surface area contributed by atoms with Crippen LogP contribution in [0.1, 0.15) is 40.9 Å². The van der Waals surface area contributed by atoms with E-state index in [0.29, 0.717) is 10.6 Å². The fourth-order valence-electron chi connectivity index (χ4n) is 1.42. The SMILES string of the molecule is CC(C)c1nnsc1C(=O)Cc1ccco1. The van der Waals surface area contributed by atoms with E-state index < -0.39 is 0 Å². The molecule has 2 aromatic rings. The average molecular weight is 236 g/mol. The summed E-state index contributed by atoms with van der Waals surface area (Å²) in [5.41, 5.74) is 0.779. The smallest absolute Gasteiger partial charge is 0.183 e. The molecule has 4 nitrogen and oxygen atoms in total. The van der Waals surface area contributed by atoms with Gasteiger partial charge in [-0.3, -0.25) is 4.79 Å². The van der Waals surface area contributed by atoms with E-state index in [-0.39, 0.29) is 18.1 Å². The Kier molecular flexibility index (Phi) is 3.14. The van der Waals surface area contributed by atoms with Crippen LogP contribution >= 0.6 is 11.5 Å². The van der Waals surface area contributed by atoms with Crippen molar-refractivity contribution in [2.45, 2.75) is 26.2 Å². The summed E-state index contributed by atoms with van der Waals surface area (Å²) in [6.07, 6.45) is 1.84. The molecule has 2 rings (SSSR count). The highest BCUT2D eigenvalue weighted by atomic mass is 32.1. The number of aromatic nitrogens is 2. The highest BCUT2D eigenvalue weighted by molar-refractivity contribution is 7.08. The van der Waals surface area contributed by atoms with Gasteiger partial charge < -0.3 is 4.42 Å². The van der Waals surface area contributed by atoms with E-state index >= 15 is 0 Å². The van der Waals surface area contributed by atoms with Crippen molar-refractivity contribution in [3.8, 4) is 0 Å². The molecule has 0 aliphatic heterocycles. The number of carbonyl (C=O) groups excluding carboxylic acids is 1. The molecule has 0 radical (unpaired) electrons. The summed E-state index contributed by atoms with van der Waals surface area (Å²) in [4.78, 5) is 12.6. The molecule has 0 N–H and O–H groups in total. The molecular formula is C11H12N2O2S. The standard InChI is InChI=1S/C11H12N2O2S/c1-7(2)10-11(16-13-12-10)9(14)6-8-4-3-5-15-8/h3-5,7H,6H2,1-2H3. The van der Waals surface area contributed by atoms with Crippen molar-refractivity contribution in [2.75, 3.05) is 0 Å². The van der Waals surface area contributed by atoms with Gasteiger partial charge in [0.05, 0.1) is 18.4 Å². The van der Waals surface area contributed by atoms with Crippen LogP contribution in [0, 0.1) is 0 Å². The molecule has 0 aliphatic carbocycles. The van der Waals surface area contributed by atoms with Gasteiger partial charge in [0.1, 0.15) is 10.6 Å². The first-order valence-corrected chi connectivity index (χ1v) is 5.83. The lowest BCUT2D eigenvalue weighted by atomic mass is 10.1. The first kappa shape index (κ1) is 11.0. The van der Waals surface area contributed by atoms with Crippen LogP contribution in [0.3, 0.4) is 0 Å². The predicted octanol–water partition coefficient (Wildman–Crippen LogP) is 2.68. The molecule has 2 aromatic heterocycles. The van der Waals surface area contributed by atoms with Crippen molar-refractivity contribution in [1.82, 2.24) is 9.59 Å². The van der Waals surface area contributed by atoms with Gasteiger partial charge in [0.25, 0.3) is 0 Å². The highest BCUT2D eigenvalue weighted by Gasteiger charge is 2.19. The minimum atomic E-state index is 0.0219. The Morgan fingerprint density at radius 2 is 2.38 bits per heavy atom. The molecular weight excluding hydrogens is 224 g/mol. The first-order valence-electron chi connectivity index (χ1n) is 5.06. The molecule has 2 heterocycles. The van der Waals surface area contributed by atoms with Gasteiger partial charge >= 0.3 is 0 Å². The zero-order chi connectivity index (χ0) is 11.5. The predicted molar refractivity (Wildman–Crippen MR) is 60.7 cm³/mol. The summed E-state index contributed by atoms with van der Waals surface area (Å²) in [5.74, 6) is 0.913. The van der Waals surface area contributed by atoms with Crippen molar-refractivity contribution >= 4 is 17.3 Å². The summed E-state index contributed by atoms with van der Waals surface area (Å²) in [6.45, 7) is 4.00. The third-order valence-electron chi connectivity index (χ3n) is 2.23. The van der Waals surface area contributed by atoms with Crippen LogP contribution in [0.4, 0.5) is 0 Å². The Hall–Kier alpha value is -1.49. The molecule has 5 heteroatoms. The molecule has 0 fully saturated rings. The van der Waals surface area contributed by atoms with Gasteiger partial charge in [-0.25, -0.2) is 0 Å². The maximum absolute atomic E-state index is 12.0. The van der Waals surface area contributed by atoms with E-state index in [4.69, 9.17) is 4.42 Å². The van der Waals surface area contributed by atoms with E-state index in [1.54, 1.807) is 18.4 Å². The van der Waals surface area contributed by atoms with Crippen molar-refractivity contribution in [3.63, 3.8) is 0 Å². The van der Waals surface area contributed by atoms with Crippen LogP contribution in [-0.2, 0) is 6.42 Å². The quantitative estimate of drug-likeness (QED) is 0.766. The summed E-state index contributed by atoms with van der Waals surface area (Å²) in [6, 6.07) is 3.57. The Balaban J connectivity index is 2.18. The first-order chi connectivity index (χ1) is 7.68. The number of hydrogen-bond acceptors (Lipinski definition) is 5. The molecule has 0 unspecified atom stereocenters. The van der Waals surface area contributed by atoms with E-state index in [9.17, 15) is 4.79 Å². The van der Waals surface area contributed by atoms with Gasteiger partial charge in [0.15, 0.2) is 5.78 Å². The molecule has 0 amide bonds. The fourth-order valence-corrected chi connectivity index (χ4v) is 2.17. The van der Waals surface area contributed by atoms with Crippen LogP contribution in [0.25, 0.3) is 0 Å². The number of rotatable bonds is 4. The maximum atomic E-state index is 12.0. The summed E-state index contributed by atoms with van der Waals surface area (Å²) in [7, 11) is 0. The Bertz CT molecular complexity index is 474. The Morgan fingerprint density at radius 1 is 1.56 bits per heavy atom. The lowest BCUT2D eigenvalue weighted by Gasteiger charge is -2.01. The van der Waals surface area contributed by atoms with E-state index in [1.165, 1.54) is 0 Å². The summed E-state index contributed by atoms with van der Waals surface area (Å²) < 4.78 is 8.98. The number of Topliss-reactive ketones (excluding diaryl/α,β-unsaturated/α-hetero) is 1. The van der Waals surface area contributed by atoms with E-state index in [2.05, 4.69) is 9.59 Å². The molecule has 84 valence electrons. The fraction of sp³-hybridized carbons (Fsp3) is 0.364. The average Bonchev–Trinajstić information content (AvgIpc) is 2.86.